The second-order valence-corrected chi connectivity index (χ2v) is 7.94. The number of benzene rings is 1. The Morgan fingerprint density at radius 2 is 1.90 bits per heavy atom. The van der Waals surface area contributed by atoms with Gasteiger partial charge in [0.2, 0.25) is 11.8 Å². The molecule has 3 rings (SSSR count). The van der Waals surface area contributed by atoms with Gasteiger partial charge in [0.05, 0.1) is 6.54 Å². The summed E-state index contributed by atoms with van der Waals surface area (Å²) >= 11 is 0. The maximum atomic E-state index is 12.5. The maximum Gasteiger partial charge on any atom is 0.260 e. The van der Waals surface area contributed by atoms with Crippen molar-refractivity contribution in [2.45, 2.75) is 32.6 Å². The fraction of sp³-hybridized carbons (Fsp3) is 0.591. The van der Waals surface area contributed by atoms with Gasteiger partial charge >= 0.3 is 0 Å². The molecule has 8 nitrogen and oxygen atoms in total. The van der Waals surface area contributed by atoms with Crippen molar-refractivity contribution < 1.29 is 19.1 Å². The van der Waals surface area contributed by atoms with Crippen LogP contribution in [0.4, 0.5) is 5.69 Å². The number of unbranched alkanes of at least 4 members (excludes halogenated alkanes) is 1. The number of carbonyl (C=O) groups excluding carboxylic acids is 3. The highest BCUT2D eigenvalue weighted by Crippen LogP contribution is 2.30. The van der Waals surface area contributed by atoms with E-state index in [0.717, 1.165) is 32.2 Å². The van der Waals surface area contributed by atoms with Crippen molar-refractivity contribution >= 4 is 23.4 Å². The van der Waals surface area contributed by atoms with Crippen molar-refractivity contribution in [1.29, 1.82) is 0 Å². The third kappa shape index (κ3) is 7.02. The van der Waals surface area contributed by atoms with Gasteiger partial charge in [0.15, 0.2) is 6.61 Å². The minimum atomic E-state index is -0.0746. The molecule has 1 saturated heterocycles. The van der Waals surface area contributed by atoms with E-state index >= 15 is 0 Å². The van der Waals surface area contributed by atoms with Crippen LogP contribution in [0.5, 0.6) is 5.75 Å². The lowest BCUT2D eigenvalue weighted by atomic mass is 10.2. The van der Waals surface area contributed by atoms with E-state index in [4.69, 9.17) is 4.74 Å². The van der Waals surface area contributed by atoms with E-state index in [9.17, 15) is 14.4 Å². The summed E-state index contributed by atoms with van der Waals surface area (Å²) in [5.74, 6) is 0.700. The summed E-state index contributed by atoms with van der Waals surface area (Å²) in [5, 5.41) is 5.80. The topological polar surface area (TPSA) is 91.0 Å². The van der Waals surface area contributed by atoms with Crippen molar-refractivity contribution in [3.05, 3.63) is 24.3 Å². The van der Waals surface area contributed by atoms with E-state index < -0.39 is 0 Å². The fourth-order valence-electron chi connectivity index (χ4n) is 3.31. The van der Waals surface area contributed by atoms with Crippen LogP contribution in [-0.2, 0) is 14.4 Å². The summed E-state index contributed by atoms with van der Waals surface area (Å²) in [5.41, 5.74) is 0.683. The van der Waals surface area contributed by atoms with Crippen LogP contribution in [0.15, 0.2) is 24.3 Å². The standard InChI is InChI=1S/C22H32N4O4/c1-2-3-9-23-20(27)15-25-10-12-26(13-11-25)21(28)16-30-19-6-4-5-18(14-19)24-22(29)17-7-8-17/h4-6,14,17H,2-3,7-13,15-16H2,1H3,(H,23,27)(H,24,29). The molecule has 2 aliphatic rings. The number of nitrogens with one attached hydrogen (secondary N) is 2. The van der Waals surface area contributed by atoms with Crippen molar-refractivity contribution in [2.24, 2.45) is 5.92 Å². The average molecular weight is 417 g/mol. The Morgan fingerprint density at radius 3 is 2.60 bits per heavy atom. The van der Waals surface area contributed by atoms with Crippen molar-refractivity contribution in [1.82, 2.24) is 15.1 Å². The Hall–Kier alpha value is -2.61. The number of rotatable bonds is 10. The average Bonchev–Trinajstić information content (AvgIpc) is 3.59. The third-order valence-electron chi connectivity index (χ3n) is 5.36. The number of ether oxygens (including phenoxy) is 1. The quantitative estimate of drug-likeness (QED) is 0.564. The minimum Gasteiger partial charge on any atom is -0.484 e. The number of piperazine rings is 1. The van der Waals surface area contributed by atoms with Crippen LogP contribution >= 0.6 is 0 Å². The van der Waals surface area contributed by atoms with Gasteiger partial charge in [-0.25, -0.2) is 0 Å². The van der Waals surface area contributed by atoms with Gasteiger partial charge in [-0.05, 0) is 31.4 Å². The summed E-state index contributed by atoms with van der Waals surface area (Å²) in [7, 11) is 0. The molecular formula is C22H32N4O4. The zero-order chi connectivity index (χ0) is 21.3. The molecule has 0 spiro atoms. The van der Waals surface area contributed by atoms with Crippen molar-refractivity contribution in [3.8, 4) is 5.75 Å². The van der Waals surface area contributed by atoms with E-state index in [2.05, 4.69) is 22.5 Å². The summed E-state index contributed by atoms with van der Waals surface area (Å²) in [6, 6.07) is 7.12. The Morgan fingerprint density at radius 1 is 1.13 bits per heavy atom. The van der Waals surface area contributed by atoms with Gasteiger partial charge in [0.1, 0.15) is 5.75 Å². The third-order valence-corrected chi connectivity index (χ3v) is 5.36. The van der Waals surface area contributed by atoms with Crippen molar-refractivity contribution in [3.63, 3.8) is 0 Å². The highest BCUT2D eigenvalue weighted by atomic mass is 16.5. The molecular weight excluding hydrogens is 384 g/mol. The fourth-order valence-corrected chi connectivity index (χ4v) is 3.31. The van der Waals surface area contributed by atoms with Gasteiger partial charge in [-0.15, -0.1) is 0 Å². The number of hydrogen-bond donors (Lipinski definition) is 2. The normalized spacial score (nSPS) is 16.8. The number of nitrogens with zero attached hydrogens (tertiary/aromatic N) is 2. The van der Waals surface area contributed by atoms with Gasteiger partial charge in [-0.3, -0.25) is 19.3 Å². The lowest BCUT2D eigenvalue weighted by Crippen LogP contribution is -2.52. The lowest BCUT2D eigenvalue weighted by molar-refractivity contribution is -0.135. The molecule has 0 bridgehead atoms. The molecule has 2 fully saturated rings. The van der Waals surface area contributed by atoms with E-state index in [-0.39, 0.29) is 30.2 Å². The second-order valence-electron chi connectivity index (χ2n) is 7.94. The summed E-state index contributed by atoms with van der Waals surface area (Å²) < 4.78 is 5.65. The van der Waals surface area contributed by atoms with Crippen LogP contribution in [-0.4, -0.2) is 73.4 Å². The van der Waals surface area contributed by atoms with Gasteiger partial charge in [0, 0.05) is 50.4 Å². The molecule has 0 radical (unpaired) electrons. The molecule has 1 saturated carbocycles. The molecule has 2 N–H and O–H groups in total. The van der Waals surface area contributed by atoms with Crippen LogP contribution in [0.3, 0.4) is 0 Å². The maximum absolute atomic E-state index is 12.5. The highest BCUT2D eigenvalue weighted by Gasteiger charge is 2.29. The molecule has 0 atom stereocenters. The Kier molecular flexibility index (Phi) is 8.07. The monoisotopic (exact) mass is 416 g/mol. The van der Waals surface area contributed by atoms with Gasteiger partial charge in [-0.2, -0.15) is 0 Å². The number of anilines is 1. The number of amides is 3. The molecule has 164 valence electrons. The molecule has 1 aliphatic carbocycles. The highest BCUT2D eigenvalue weighted by molar-refractivity contribution is 5.94. The first-order chi connectivity index (χ1) is 14.5. The molecule has 1 aromatic carbocycles. The van der Waals surface area contributed by atoms with Crippen LogP contribution < -0.4 is 15.4 Å². The van der Waals surface area contributed by atoms with Gasteiger partial charge in [-0.1, -0.05) is 19.4 Å². The summed E-state index contributed by atoms with van der Waals surface area (Å²) in [6.45, 7) is 5.67. The molecule has 3 amide bonds. The van der Waals surface area contributed by atoms with Crippen LogP contribution in [0, 0.1) is 5.92 Å². The van der Waals surface area contributed by atoms with E-state index in [0.29, 0.717) is 44.2 Å². The van der Waals surface area contributed by atoms with Gasteiger partial charge < -0.3 is 20.3 Å². The number of hydrogen-bond acceptors (Lipinski definition) is 5. The van der Waals surface area contributed by atoms with Crippen LogP contribution in [0.2, 0.25) is 0 Å². The number of carbonyl (C=O) groups is 3. The molecule has 30 heavy (non-hydrogen) atoms. The molecule has 0 unspecified atom stereocenters. The predicted molar refractivity (Wildman–Crippen MR) is 114 cm³/mol. The first-order valence-corrected chi connectivity index (χ1v) is 10.9. The van der Waals surface area contributed by atoms with Crippen molar-refractivity contribution in [2.75, 3.05) is 51.2 Å². The minimum absolute atomic E-state index is 0.0418. The SMILES string of the molecule is CCCCNC(=O)CN1CCN(C(=O)COc2cccc(NC(=O)C3CC3)c2)CC1. The lowest BCUT2D eigenvalue weighted by Gasteiger charge is -2.34. The smallest absolute Gasteiger partial charge is 0.260 e. The summed E-state index contributed by atoms with van der Waals surface area (Å²) in [6.07, 6.45) is 3.95. The van der Waals surface area contributed by atoms with E-state index in [1.807, 2.05) is 6.07 Å². The van der Waals surface area contributed by atoms with Gasteiger partial charge in [0.25, 0.3) is 5.91 Å². The molecule has 1 aromatic rings. The Labute approximate surface area is 177 Å². The molecule has 8 heteroatoms. The Balaban J connectivity index is 1.36. The first-order valence-electron chi connectivity index (χ1n) is 10.9. The Bertz CT molecular complexity index is 742. The molecule has 1 aliphatic heterocycles. The van der Waals surface area contributed by atoms with E-state index in [1.54, 1.807) is 23.1 Å². The van der Waals surface area contributed by atoms with E-state index in [1.165, 1.54) is 0 Å². The van der Waals surface area contributed by atoms with Crippen LogP contribution in [0.25, 0.3) is 0 Å². The van der Waals surface area contributed by atoms with Crippen LogP contribution in [0.1, 0.15) is 32.6 Å². The predicted octanol–water partition coefficient (Wildman–Crippen LogP) is 1.47. The molecule has 0 aromatic heterocycles. The largest absolute Gasteiger partial charge is 0.484 e. The zero-order valence-electron chi connectivity index (χ0n) is 17.7. The summed E-state index contributed by atoms with van der Waals surface area (Å²) in [4.78, 5) is 40.1. The first kappa shape index (κ1) is 22.1. The second kappa shape index (κ2) is 11.0. The zero-order valence-corrected chi connectivity index (χ0v) is 17.7. The molecule has 1 heterocycles.